The predicted octanol–water partition coefficient (Wildman–Crippen LogP) is 2.17. The van der Waals surface area contributed by atoms with Crippen molar-refractivity contribution < 1.29 is 4.79 Å². The molecule has 98 valence electrons. The van der Waals surface area contributed by atoms with E-state index >= 15 is 0 Å². The van der Waals surface area contributed by atoms with Crippen molar-refractivity contribution in [2.24, 2.45) is 5.41 Å². The highest BCUT2D eigenvalue weighted by atomic mass is 16.2. The maximum Gasteiger partial charge on any atom is 0.239 e. The fourth-order valence-corrected chi connectivity index (χ4v) is 3.09. The van der Waals surface area contributed by atoms with E-state index in [9.17, 15) is 4.79 Å². The molecular weight excluding hydrogens is 212 g/mol. The van der Waals surface area contributed by atoms with Gasteiger partial charge in [0, 0.05) is 13.1 Å². The summed E-state index contributed by atoms with van der Waals surface area (Å²) in [6.07, 6.45) is 6.98. The number of carbonyl (C=O) groups is 1. The lowest BCUT2D eigenvalue weighted by Crippen LogP contribution is -2.47. The molecule has 2 rings (SSSR count). The van der Waals surface area contributed by atoms with Gasteiger partial charge in [-0.3, -0.25) is 4.79 Å². The number of hydrogen-bond acceptors (Lipinski definition) is 2. The van der Waals surface area contributed by atoms with Crippen LogP contribution in [0, 0.1) is 5.41 Å². The molecule has 0 aromatic rings. The average molecular weight is 238 g/mol. The minimum atomic E-state index is 0.0925. The monoisotopic (exact) mass is 238 g/mol. The molecule has 0 bridgehead atoms. The summed E-state index contributed by atoms with van der Waals surface area (Å²) in [5.74, 6) is 0.312. The molecule has 1 aliphatic carbocycles. The summed E-state index contributed by atoms with van der Waals surface area (Å²) < 4.78 is 0. The van der Waals surface area contributed by atoms with Gasteiger partial charge >= 0.3 is 0 Å². The molecule has 1 atom stereocenters. The topological polar surface area (TPSA) is 32.3 Å². The van der Waals surface area contributed by atoms with Gasteiger partial charge in [0.15, 0.2) is 0 Å². The second kappa shape index (κ2) is 4.97. The van der Waals surface area contributed by atoms with Gasteiger partial charge in [-0.1, -0.05) is 13.8 Å². The van der Waals surface area contributed by atoms with Gasteiger partial charge < -0.3 is 10.2 Å². The molecule has 0 unspecified atom stereocenters. The van der Waals surface area contributed by atoms with Crippen LogP contribution in [0.3, 0.4) is 0 Å². The zero-order valence-electron chi connectivity index (χ0n) is 11.5. The lowest BCUT2D eigenvalue weighted by atomic mass is 9.75. The van der Waals surface area contributed by atoms with Crippen molar-refractivity contribution in [1.82, 2.24) is 10.2 Å². The summed E-state index contributed by atoms with van der Waals surface area (Å²) in [4.78, 5) is 14.3. The molecule has 0 radical (unpaired) electrons. The van der Waals surface area contributed by atoms with E-state index in [-0.39, 0.29) is 6.04 Å². The molecule has 3 heteroatoms. The highest BCUT2D eigenvalue weighted by Crippen LogP contribution is 2.36. The standard InChI is InChI=1S/C14H26N2O/c1-14(2)8-6-11(7-9-14)16(3)13(17)12-5-4-10-15-12/h11-12,15H,4-10H2,1-3H3/t12-/m0/s1. The van der Waals surface area contributed by atoms with Crippen molar-refractivity contribution in [3.8, 4) is 0 Å². The molecule has 0 spiro atoms. The van der Waals surface area contributed by atoms with E-state index in [4.69, 9.17) is 0 Å². The van der Waals surface area contributed by atoms with Gasteiger partial charge in [-0.2, -0.15) is 0 Å². The van der Waals surface area contributed by atoms with Crippen LogP contribution in [0.15, 0.2) is 0 Å². The minimum absolute atomic E-state index is 0.0925. The average Bonchev–Trinajstić information content (AvgIpc) is 2.80. The van der Waals surface area contributed by atoms with Crippen LogP contribution < -0.4 is 5.32 Å². The quantitative estimate of drug-likeness (QED) is 0.799. The lowest BCUT2D eigenvalue weighted by molar-refractivity contribution is -0.134. The largest absolute Gasteiger partial charge is 0.341 e. The fourth-order valence-electron chi connectivity index (χ4n) is 3.09. The third kappa shape index (κ3) is 3.01. The minimum Gasteiger partial charge on any atom is -0.341 e. The van der Waals surface area contributed by atoms with Crippen LogP contribution >= 0.6 is 0 Å². The van der Waals surface area contributed by atoms with Crippen LogP contribution in [0.2, 0.25) is 0 Å². The molecule has 3 nitrogen and oxygen atoms in total. The Kier molecular flexibility index (Phi) is 3.76. The van der Waals surface area contributed by atoms with Gasteiger partial charge in [0.1, 0.15) is 0 Å². The van der Waals surface area contributed by atoms with Gasteiger partial charge in [0.25, 0.3) is 0 Å². The number of nitrogens with zero attached hydrogens (tertiary/aromatic N) is 1. The van der Waals surface area contributed by atoms with Crippen LogP contribution in [-0.2, 0) is 4.79 Å². The van der Waals surface area contributed by atoms with Crippen molar-refractivity contribution in [2.75, 3.05) is 13.6 Å². The van der Waals surface area contributed by atoms with Crippen molar-refractivity contribution in [1.29, 1.82) is 0 Å². The van der Waals surface area contributed by atoms with E-state index < -0.39 is 0 Å². The summed E-state index contributed by atoms with van der Waals surface area (Å²) in [7, 11) is 1.99. The van der Waals surface area contributed by atoms with Crippen LogP contribution in [0.4, 0.5) is 0 Å². The SMILES string of the molecule is CN(C(=O)[C@@H]1CCCN1)C1CCC(C)(C)CC1. The zero-order valence-corrected chi connectivity index (χ0v) is 11.5. The molecule has 1 amide bonds. The summed E-state index contributed by atoms with van der Waals surface area (Å²) in [6.45, 7) is 5.68. The van der Waals surface area contributed by atoms with Crippen molar-refractivity contribution in [3.05, 3.63) is 0 Å². The first-order valence-corrected chi connectivity index (χ1v) is 7.00. The Morgan fingerprint density at radius 3 is 2.41 bits per heavy atom. The third-order valence-corrected chi connectivity index (χ3v) is 4.56. The van der Waals surface area contributed by atoms with Crippen LogP contribution in [0.1, 0.15) is 52.4 Å². The Bertz CT molecular complexity index is 272. The number of nitrogens with one attached hydrogen (secondary N) is 1. The molecule has 0 aromatic carbocycles. The second-order valence-corrected chi connectivity index (χ2v) is 6.49. The van der Waals surface area contributed by atoms with Gasteiger partial charge in [-0.15, -0.1) is 0 Å². The van der Waals surface area contributed by atoms with Crippen molar-refractivity contribution >= 4 is 5.91 Å². The van der Waals surface area contributed by atoms with Crippen molar-refractivity contribution in [2.45, 2.75) is 64.5 Å². The van der Waals surface area contributed by atoms with Crippen LogP contribution in [-0.4, -0.2) is 36.5 Å². The van der Waals surface area contributed by atoms with Crippen LogP contribution in [0.5, 0.6) is 0 Å². The van der Waals surface area contributed by atoms with E-state index in [0.717, 1.165) is 19.4 Å². The number of amides is 1. The maximum atomic E-state index is 12.3. The number of rotatable bonds is 2. The second-order valence-electron chi connectivity index (χ2n) is 6.49. The molecule has 2 aliphatic rings. The Morgan fingerprint density at radius 2 is 1.88 bits per heavy atom. The van der Waals surface area contributed by atoms with E-state index in [1.54, 1.807) is 0 Å². The van der Waals surface area contributed by atoms with Gasteiger partial charge in [-0.25, -0.2) is 0 Å². The van der Waals surface area contributed by atoms with Gasteiger partial charge in [-0.05, 0) is 50.5 Å². The van der Waals surface area contributed by atoms with Gasteiger partial charge in [0.2, 0.25) is 5.91 Å². The molecule has 1 aliphatic heterocycles. The third-order valence-electron chi connectivity index (χ3n) is 4.56. The Morgan fingerprint density at radius 1 is 1.24 bits per heavy atom. The van der Waals surface area contributed by atoms with Crippen LogP contribution in [0.25, 0.3) is 0 Å². The molecule has 1 saturated carbocycles. The highest BCUT2D eigenvalue weighted by Gasteiger charge is 2.33. The molecule has 1 saturated heterocycles. The number of hydrogen-bond donors (Lipinski definition) is 1. The first-order valence-electron chi connectivity index (χ1n) is 7.00. The summed E-state index contributed by atoms with van der Waals surface area (Å²) in [5, 5.41) is 3.30. The summed E-state index contributed by atoms with van der Waals surface area (Å²) in [6, 6.07) is 0.563. The smallest absolute Gasteiger partial charge is 0.239 e. The Hall–Kier alpha value is -0.570. The van der Waals surface area contributed by atoms with E-state index in [0.29, 0.717) is 17.4 Å². The van der Waals surface area contributed by atoms with Crippen molar-refractivity contribution in [3.63, 3.8) is 0 Å². The molecule has 2 fully saturated rings. The highest BCUT2D eigenvalue weighted by molar-refractivity contribution is 5.82. The maximum absolute atomic E-state index is 12.3. The first kappa shape index (κ1) is 12.9. The lowest BCUT2D eigenvalue weighted by Gasteiger charge is -2.39. The molecule has 0 aromatic heterocycles. The van der Waals surface area contributed by atoms with E-state index in [1.165, 1.54) is 25.7 Å². The molecular formula is C14H26N2O. The summed E-state index contributed by atoms with van der Waals surface area (Å²) in [5.41, 5.74) is 0.478. The normalized spacial score (nSPS) is 29.2. The van der Waals surface area contributed by atoms with Gasteiger partial charge in [0.05, 0.1) is 6.04 Å². The Labute approximate surface area is 105 Å². The number of carbonyl (C=O) groups excluding carboxylic acids is 1. The number of likely N-dealkylation sites (N-methyl/N-ethyl adjacent to an activating group) is 1. The zero-order chi connectivity index (χ0) is 12.5. The van der Waals surface area contributed by atoms with E-state index in [1.807, 2.05) is 11.9 Å². The fraction of sp³-hybridized carbons (Fsp3) is 0.929. The Balaban J connectivity index is 1.87. The molecule has 17 heavy (non-hydrogen) atoms. The summed E-state index contributed by atoms with van der Waals surface area (Å²) >= 11 is 0. The predicted molar refractivity (Wildman–Crippen MR) is 69.8 cm³/mol. The first-order chi connectivity index (χ1) is 7.99. The molecule has 1 N–H and O–H groups in total. The van der Waals surface area contributed by atoms with E-state index in [2.05, 4.69) is 19.2 Å². The molecule has 1 heterocycles.